The van der Waals surface area contributed by atoms with Crippen molar-refractivity contribution in [2.75, 3.05) is 0 Å². The van der Waals surface area contributed by atoms with Crippen LogP contribution in [0, 0.1) is 0 Å². The first-order chi connectivity index (χ1) is 5.45. The second-order valence-electron chi connectivity index (χ2n) is 3.29. The third kappa shape index (κ3) is 4.01. The molecule has 0 aromatic heterocycles. The number of carboxylic acids is 1. The first-order valence-corrected chi connectivity index (χ1v) is 4.13. The molecule has 1 N–H and O–H groups in total. The van der Waals surface area contributed by atoms with Crippen LogP contribution < -0.4 is 0 Å². The average Bonchev–Trinajstić information content (AvgIpc) is 1.84. The molecular weight excluding hydrogens is 154 g/mol. The smallest absolute Gasteiger partial charge is 0.329 e. The molecule has 0 unspecified atom stereocenters. The molecule has 0 aliphatic rings. The van der Waals surface area contributed by atoms with Crippen molar-refractivity contribution in [3.8, 4) is 0 Å². The largest absolute Gasteiger partial charge is 0.478 e. The molecular formula is C9H17NO2. The fourth-order valence-electron chi connectivity index (χ4n) is 1.09. The van der Waals surface area contributed by atoms with E-state index in [-0.39, 0.29) is 0 Å². The Balaban J connectivity index is 4.23. The second kappa shape index (κ2) is 4.80. The zero-order chi connectivity index (χ0) is 9.72. The SMILES string of the molecule is CC(C)N(C=CC(=O)O)C(C)C. The lowest BCUT2D eigenvalue weighted by atomic mass is 10.2. The van der Waals surface area contributed by atoms with Crippen molar-refractivity contribution < 1.29 is 9.90 Å². The predicted octanol–water partition coefficient (Wildman–Crippen LogP) is 1.70. The van der Waals surface area contributed by atoms with Gasteiger partial charge >= 0.3 is 5.97 Å². The molecule has 70 valence electrons. The maximum Gasteiger partial charge on any atom is 0.329 e. The third-order valence-corrected chi connectivity index (χ3v) is 1.58. The van der Waals surface area contributed by atoms with Gasteiger partial charge in [0.05, 0.1) is 0 Å². The Morgan fingerprint density at radius 3 is 1.92 bits per heavy atom. The van der Waals surface area contributed by atoms with Gasteiger partial charge in [-0.05, 0) is 27.7 Å². The average molecular weight is 171 g/mol. The van der Waals surface area contributed by atoms with Gasteiger partial charge in [-0.1, -0.05) is 0 Å². The highest BCUT2D eigenvalue weighted by Gasteiger charge is 2.07. The zero-order valence-electron chi connectivity index (χ0n) is 8.11. The summed E-state index contributed by atoms with van der Waals surface area (Å²) in [5.41, 5.74) is 0. The van der Waals surface area contributed by atoms with Crippen LogP contribution in [0.3, 0.4) is 0 Å². The molecule has 0 amide bonds. The Hall–Kier alpha value is -0.990. The molecule has 0 aromatic rings. The number of rotatable bonds is 4. The molecule has 0 bridgehead atoms. The number of hydrogen-bond donors (Lipinski definition) is 1. The maximum absolute atomic E-state index is 10.2. The topological polar surface area (TPSA) is 40.5 Å². The van der Waals surface area contributed by atoms with E-state index in [1.54, 1.807) is 6.20 Å². The quantitative estimate of drug-likeness (QED) is 0.654. The van der Waals surface area contributed by atoms with E-state index >= 15 is 0 Å². The van der Waals surface area contributed by atoms with Gasteiger partial charge in [0.25, 0.3) is 0 Å². The molecule has 0 aromatic carbocycles. The number of carbonyl (C=O) groups is 1. The molecule has 3 nitrogen and oxygen atoms in total. The highest BCUT2D eigenvalue weighted by atomic mass is 16.4. The molecule has 0 aliphatic heterocycles. The van der Waals surface area contributed by atoms with E-state index < -0.39 is 5.97 Å². The lowest BCUT2D eigenvalue weighted by Crippen LogP contribution is -2.32. The number of aliphatic carboxylic acids is 1. The van der Waals surface area contributed by atoms with Gasteiger partial charge < -0.3 is 10.0 Å². The molecule has 0 atom stereocenters. The van der Waals surface area contributed by atoms with E-state index in [0.29, 0.717) is 12.1 Å². The summed E-state index contributed by atoms with van der Waals surface area (Å²) in [4.78, 5) is 12.2. The molecule has 12 heavy (non-hydrogen) atoms. The molecule has 0 aliphatic carbocycles. The van der Waals surface area contributed by atoms with Crippen molar-refractivity contribution in [1.82, 2.24) is 4.90 Å². The number of hydrogen-bond acceptors (Lipinski definition) is 2. The van der Waals surface area contributed by atoms with Gasteiger partial charge in [0.1, 0.15) is 0 Å². The van der Waals surface area contributed by atoms with E-state index in [1.807, 2.05) is 32.6 Å². The summed E-state index contributed by atoms with van der Waals surface area (Å²) < 4.78 is 0. The summed E-state index contributed by atoms with van der Waals surface area (Å²) in [5, 5.41) is 8.41. The molecule has 0 saturated carbocycles. The Morgan fingerprint density at radius 1 is 1.25 bits per heavy atom. The van der Waals surface area contributed by atoms with Crippen molar-refractivity contribution in [1.29, 1.82) is 0 Å². The van der Waals surface area contributed by atoms with Gasteiger partial charge in [-0.2, -0.15) is 0 Å². The fraction of sp³-hybridized carbons (Fsp3) is 0.667. The molecule has 0 saturated heterocycles. The standard InChI is InChI=1S/C9H17NO2/c1-7(2)10(8(3)4)6-5-9(11)12/h5-8H,1-4H3,(H,11,12). The van der Waals surface area contributed by atoms with Crippen LogP contribution in [0.25, 0.3) is 0 Å². The normalized spacial score (nSPS) is 11.5. The van der Waals surface area contributed by atoms with Crippen molar-refractivity contribution in [3.05, 3.63) is 12.3 Å². The Bertz CT molecular complexity index is 165. The van der Waals surface area contributed by atoms with Gasteiger partial charge in [0.2, 0.25) is 0 Å². The van der Waals surface area contributed by atoms with Crippen LogP contribution >= 0.6 is 0 Å². The molecule has 0 rings (SSSR count). The van der Waals surface area contributed by atoms with Crippen LogP contribution in [-0.2, 0) is 4.79 Å². The minimum absolute atomic E-state index is 0.334. The summed E-state index contributed by atoms with van der Waals surface area (Å²) in [7, 11) is 0. The fourth-order valence-corrected chi connectivity index (χ4v) is 1.09. The van der Waals surface area contributed by atoms with Crippen LogP contribution in [0.1, 0.15) is 27.7 Å². The van der Waals surface area contributed by atoms with Crippen LogP contribution in [-0.4, -0.2) is 28.1 Å². The summed E-state index contributed by atoms with van der Waals surface area (Å²) >= 11 is 0. The van der Waals surface area contributed by atoms with Crippen LogP contribution in [0.15, 0.2) is 12.3 Å². The van der Waals surface area contributed by atoms with E-state index in [9.17, 15) is 4.79 Å². The minimum Gasteiger partial charge on any atom is -0.478 e. The third-order valence-electron chi connectivity index (χ3n) is 1.58. The first-order valence-electron chi connectivity index (χ1n) is 4.13. The lowest BCUT2D eigenvalue weighted by molar-refractivity contribution is -0.131. The van der Waals surface area contributed by atoms with Gasteiger partial charge in [-0.3, -0.25) is 0 Å². The van der Waals surface area contributed by atoms with E-state index in [4.69, 9.17) is 5.11 Å². The van der Waals surface area contributed by atoms with Crippen molar-refractivity contribution in [2.24, 2.45) is 0 Å². The maximum atomic E-state index is 10.2. The van der Waals surface area contributed by atoms with E-state index in [1.165, 1.54) is 6.08 Å². The minimum atomic E-state index is -0.902. The highest BCUT2D eigenvalue weighted by molar-refractivity contribution is 5.79. The van der Waals surface area contributed by atoms with Crippen LogP contribution in [0.2, 0.25) is 0 Å². The van der Waals surface area contributed by atoms with Crippen molar-refractivity contribution in [2.45, 2.75) is 39.8 Å². The molecule has 0 radical (unpaired) electrons. The van der Waals surface area contributed by atoms with Crippen LogP contribution in [0.4, 0.5) is 0 Å². The monoisotopic (exact) mass is 171 g/mol. The summed E-state index contributed by atoms with van der Waals surface area (Å²) in [6.45, 7) is 8.14. The molecule has 0 fully saturated rings. The summed E-state index contributed by atoms with van der Waals surface area (Å²) in [6.07, 6.45) is 2.79. The molecule has 0 spiro atoms. The lowest BCUT2D eigenvalue weighted by Gasteiger charge is -2.28. The highest BCUT2D eigenvalue weighted by Crippen LogP contribution is 2.04. The van der Waals surface area contributed by atoms with Crippen molar-refractivity contribution in [3.63, 3.8) is 0 Å². The van der Waals surface area contributed by atoms with Gasteiger partial charge in [-0.15, -0.1) is 0 Å². The van der Waals surface area contributed by atoms with E-state index in [0.717, 1.165) is 0 Å². The second-order valence-corrected chi connectivity index (χ2v) is 3.29. The summed E-state index contributed by atoms with van der Waals surface area (Å²) in [5.74, 6) is -0.902. The zero-order valence-corrected chi connectivity index (χ0v) is 8.11. The van der Waals surface area contributed by atoms with Gasteiger partial charge in [0, 0.05) is 24.4 Å². The van der Waals surface area contributed by atoms with Crippen molar-refractivity contribution >= 4 is 5.97 Å². The number of carboxylic acid groups (broad SMARTS) is 1. The Labute approximate surface area is 73.7 Å². The van der Waals surface area contributed by atoms with Gasteiger partial charge in [0.15, 0.2) is 0 Å². The summed E-state index contributed by atoms with van der Waals surface area (Å²) in [6, 6.07) is 0.668. The Kier molecular flexibility index (Phi) is 4.40. The van der Waals surface area contributed by atoms with Gasteiger partial charge in [-0.25, -0.2) is 4.79 Å². The first kappa shape index (κ1) is 11.0. The van der Waals surface area contributed by atoms with E-state index in [2.05, 4.69) is 0 Å². The molecule has 3 heteroatoms. The Morgan fingerprint density at radius 2 is 1.67 bits per heavy atom. The predicted molar refractivity (Wildman–Crippen MR) is 48.9 cm³/mol. The molecule has 0 heterocycles. The van der Waals surface area contributed by atoms with Crippen LogP contribution in [0.5, 0.6) is 0 Å². The number of nitrogens with zero attached hydrogens (tertiary/aromatic N) is 1.